The van der Waals surface area contributed by atoms with Crippen LogP contribution in [-0.4, -0.2) is 43.4 Å². The second kappa shape index (κ2) is 13.1. The zero-order chi connectivity index (χ0) is 29.6. The van der Waals surface area contributed by atoms with Crippen LogP contribution in [0.3, 0.4) is 0 Å². The smallest absolute Gasteiger partial charge is 0.264 e. The van der Waals surface area contributed by atoms with E-state index in [4.69, 9.17) is 4.52 Å². The number of nitrogens with zero attached hydrogens (tertiary/aromatic N) is 2. The Labute approximate surface area is 237 Å². The standard InChI is InChI=1S/C30H40N4O5S/c1-8-20(4)28(29(36)31-7)34(27(35)17-19(2)3)18-23-13-15-24(16-14-23)25-11-9-10-12-26(25)40(37,38)33-30-21(5)22(6)32-39-30/h9-16,19-20,28,33H,8,17-18H2,1-7H3,(H,31,36)/t20?,28-/m0/s1. The molecule has 0 fully saturated rings. The van der Waals surface area contributed by atoms with Crippen molar-refractivity contribution in [2.45, 2.75) is 71.9 Å². The molecule has 2 N–H and O–H groups in total. The number of carbonyl (C=O) groups is 2. The third kappa shape index (κ3) is 7.10. The summed E-state index contributed by atoms with van der Waals surface area (Å²) in [7, 11) is -2.38. The molecule has 0 aliphatic carbocycles. The quantitative estimate of drug-likeness (QED) is 0.306. The summed E-state index contributed by atoms with van der Waals surface area (Å²) in [6, 6.07) is 13.5. The SMILES string of the molecule is CCC(C)[C@@H](C(=O)NC)N(Cc1ccc(-c2ccccc2S(=O)(=O)Nc2onc(C)c2C)cc1)C(=O)CC(C)C. The number of anilines is 1. The Morgan fingerprint density at radius 3 is 2.23 bits per heavy atom. The van der Waals surface area contributed by atoms with Crippen LogP contribution in [0.5, 0.6) is 0 Å². The molecule has 0 saturated carbocycles. The molecule has 3 aromatic rings. The van der Waals surface area contributed by atoms with Gasteiger partial charge in [0.2, 0.25) is 17.7 Å². The van der Waals surface area contributed by atoms with Gasteiger partial charge in [-0.1, -0.05) is 81.7 Å². The number of aryl methyl sites for hydroxylation is 1. The van der Waals surface area contributed by atoms with Gasteiger partial charge in [0.25, 0.3) is 10.0 Å². The average Bonchev–Trinajstić information content (AvgIpc) is 3.23. The number of rotatable bonds is 12. The molecular formula is C30H40N4O5S. The van der Waals surface area contributed by atoms with Crippen LogP contribution in [0.25, 0.3) is 11.1 Å². The lowest BCUT2D eigenvalue weighted by Gasteiger charge is -2.35. The Kier molecular flexibility index (Phi) is 10.1. The summed E-state index contributed by atoms with van der Waals surface area (Å²) in [5.41, 5.74) is 3.28. The van der Waals surface area contributed by atoms with E-state index in [0.29, 0.717) is 28.8 Å². The van der Waals surface area contributed by atoms with Gasteiger partial charge in [0.05, 0.1) is 10.6 Å². The predicted octanol–water partition coefficient (Wildman–Crippen LogP) is 5.29. The lowest BCUT2D eigenvalue weighted by molar-refractivity contribution is -0.143. The highest BCUT2D eigenvalue weighted by atomic mass is 32.2. The highest BCUT2D eigenvalue weighted by Gasteiger charge is 2.33. The highest BCUT2D eigenvalue weighted by Crippen LogP contribution is 2.30. The minimum absolute atomic E-state index is 0.0308. The van der Waals surface area contributed by atoms with Gasteiger partial charge < -0.3 is 14.7 Å². The zero-order valence-electron chi connectivity index (χ0n) is 24.3. The van der Waals surface area contributed by atoms with Crippen LogP contribution in [0.2, 0.25) is 0 Å². The molecule has 0 spiro atoms. The van der Waals surface area contributed by atoms with E-state index in [1.54, 1.807) is 44.0 Å². The van der Waals surface area contributed by atoms with Crippen LogP contribution in [0.1, 0.15) is 57.4 Å². The Hall–Kier alpha value is -3.66. The van der Waals surface area contributed by atoms with Crippen molar-refractivity contribution >= 4 is 27.7 Å². The summed E-state index contributed by atoms with van der Waals surface area (Å²) in [4.78, 5) is 28.0. The minimum Gasteiger partial charge on any atom is -0.357 e. The first kappa shape index (κ1) is 30.9. The van der Waals surface area contributed by atoms with Crippen molar-refractivity contribution in [3.8, 4) is 11.1 Å². The largest absolute Gasteiger partial charge is 0.357 e. The number of carbonyl (C=O) groups excluding carboxylic acids is 2. The van der Waals surface area contributed by atoms with Crippen LogP contribution in [-0.2, 0) is 26.2 Å². The molecule has 2 amide bonds. The first-order valence-corrected chi connectivity index (χ1v) is 15.0. The van der Waals surface area contributed by atoms with Gasteiger partial charge >= 0.3 is 0 Å². The topological polar surface area (TPSA) is 122 Å². The second-order valence-electron chi connectivity index (χ2n) is 10.6. The molecule has 216 valence electrons. The number of hydrogen-bond donors (Lipinski definition) is 2. The summed E-state index contributed by atoms with van der Waals surface area (Å²) < 4.78 is 34.3. The maximum atomic E-state index is 13.3. The fraction of sp³-hybridized carbons (Fsp3) is 0.433. The van der Waals surface area contributed by atoms with Gasteiger partial charge in [0.15, 0.2) is 0 Å². The molecule has 0 aliphatic heterocycles. The lowest BCUT2D eigenvalue weighted by Crippen LogP contribution is -2.51. The van der Waals surface area contributed by atoms with E-state index in [2.05, 4.69) is 15.2 Å². The molecule has 0 radical (unpaired) electrons. The molecule has 10 heteroatoms. The Bertz CT molecular complexity index is 1430. The Morgan fingerprint density at radius 1 is 1.02 bits per heavy atom. The van der Waals surface area contributed by atoms with Crippen LogP contribution in [0, 0.1) is 25.7 Å². The third-order valence-electron chi connectivity index (χ3n) is 7.12. The van der Waals surface area contributed by atoms with Crippen LogP contribution in [0.4, 0.5) is 5.88 Å². The average molecular weight is 569 g/mol. The molecular weight excluding hydrogens is 528 g/mol. The molecule has 1 unspecified atom stereocenters. The molecule has 40 heavy (non-hydrogen) atoms. The summed E-state index contributed by atoms with van der Waals surface area (Å²) in [6.45, 7) is 11.7. The molecule has 1 aromatic heterocycles. The van der Waals surface area contributed by atoms with Crippen LogP contribution in [0.15, 0.2) is 57.9 Å². The summed E-state index contributed by atoms with van der Waals surface area (Å²) >= 11 is 0. The maximum Gasteiger partial charge on any atom is 0.264 e. The lowest BCUT2D eigenvalue weighted by atomic mass is 9.94. The maximum absolute atomic E-state index is 13.3. The molecule has 1 heterocycles. The number of benzene rings is 2. The van der Waals surface area contributed by atoms with E-state index in [1.165, 1.54) is 6.07 Å². The minimum atomic E-state index is -3.97. The normalized spacial score (nSPS) is 13.1. The monoisotopic (exact) mass is 568 g/mol. The Balaban J connectivity index is 1.94. The molecule has 0 aliphatic rings. The molecule has 0 saturated heterocycles. The summed E-state index contributed by atoms with van der Waals surface area (Å²) in [5, 5.41) is 6.55. The number of likely N-dealkylation sites (N-methyl/N-ethyl adjacent to an activating group) is 1. The van der Waals surface area contributed by atoms with Crippen molar-refractivity contribution < 1.29 is 22.5 Å². The van der Waals surface area contributed by atoms with Crippen molar-refractivity contribution in [2.75, 3.05) is 11.8 Å². The van der Waals surface area contributed by atoms with Gasteiger partial charge in [-0.25, -0.2) is 13.1 Å². The van der Waals surface area contributed by atoms with Crippen molar-refractivity contribution in [3.05, 3.63) is 65.4 Å². The molecule has 2 aromatic carbocycles. The number of hydrogen-bond acceptors (Lipinski definition) is 6. The van der Waals surface area contributed by atoms with Crippen LogP contribution < -0.4 is 10.0 Å². The summed E-state index contributed by atoms with van der Waals surface area (Å²) in [5.74, 6) is -0.0609. The Morgan fingerprint density at radius 2 is 1.68 bits per heavy atom. The summed E-state index contributed by atoms with van der Waals surface area (Å²) in [6.07, 6.45) is 1.08. The first-order chi connectivity index (χ1) is 18.9. The fourth-order valence-electron chi connectivity index (χ4n) is 4.50. The van der Waals surface area contributed by atoms with E-state index < -0.39 is 16.1 Å². The second-order valence-corrected chi connectivity index (χ2v) is 12.2. The number of nitrogens with one attached hydrogen (secondary N) is 2. The van der Waals surface area contributed by atoms with Crippen molar-refractivity contribution in [1.29, 1.82) is 0 Å². The van der Waals surface area contributed by atoms with Gasteiger partial charge in [0.1, 0.15) is 6.04 Å². The van der Waals surface area contributed by atoms with E-state index in [-0.39, 0.29) is 41.0 Å². The highest BCUT2D eigenvalue weighted by molar-refractivity contribution is 7.92. The van der Waals surface area contributed by atoms with E-state index in [0.717, 1.165) is 12.0 Å². The molecule has 9 nitrogen and oxygen atoms in total. The van der Waals surface area contributed by atoms with Gasteiger partial charge in [-0.15, -0.1) is 0 Å². The van der Waals surface area contributed by atoms with E-state index in [9.17, 15) is 18.0 Å². The number of aromatic nitrogens is 1. The fourth-order valence-corrected chi connectivity index (χ4v) is 5.78. The van der Waals surface area contributed by atoms with Crippen molar-refractivity contribution in [2.24, 2.45) is 11.8 Å². The van der Waals surface area contributed by atoms with Crippen molar-refractivity contribution in [3.63, 3.8) is 0 Å². The third-order valence-corrected chi connectivity index (χ3v) is 8.50. The van der Waals surface area contributed by atoms with E-state index in [1.807, 2.05) is 52.0 Å². The first-order valence-electron chi connectivity index (χ1n) is 13.5. The molecule has 3 rings (SSSR count). The van der Waals surface area contributed by atoms with Gasteiger partial charge in [0, 0.05) is 31.1 Å². The number of sulfonamides is 1. The number of amides is 2. The van der Waals surface area contributed by atoms with Crippen LogP contribution >= 0.6 is 0 Å². The molecule has 0 bridgehead atoms. The van der Waals surface area contributed by atoms with Gasteiger partial charge in [-0.05, 0) is 42.9 Å². The molecule has 2 atom stereocenters. The van der Waals surface area contributed by atoms with Gasteiger partial charge in [-0.3, -0.25) is 9.59 Å². The predicted molar refractivity (Wildman–Crippen MR) is 156 cm³/mol. The zero-order valence-corrected chi connectivity index (χ0v) is 25.1. The van der Waals surface area contributed by atoms with Crippen molar-refractivity contribution in [1.82, 2.24) is 15.4 Å². The van der Waals surface area contributed by atoms with Gasteiger partial charge in [-0.2, -0.15) is 0 Å². The van der Waals surface area contributed by atoms with E-state index >= 15 is 0 Å².